The number of anilines is 1. The molecule has 2 aromatic rings. The molecule has 2 aromatic carbocycles. The third kappa shape index (κ3) is 4.96. The third-order valence-corrected chi connectivity index (χ3v) is 3.53. The lowest BCUT2D eigenvalue weighted by molar-refractivity contribution is -0.147. The van der Waals surface area contributed by atoms with Gasteiger partial charge in [0.2, 0.25) is 0 Å². The zero-order valence-corrected chi connectivity index (χ0v) is 13.4. The molecular weight excluding hydrogens is 304 g/mol. The predicted octanol–water partition coefficient (Wildman–Crippen LogP) is 3.23. The van der Waals surface area contributed by atoms with Crippen molar-refractivity contribution >= 4 is 17.6 Å². The summed E-state index contributed by atoms with van der Waals surface area (Å²) in [5, 5.41) is 11.5. The van der Waals surface area contributed by atoms with E-state index in [1.807, 2.05) is 43.3 Å². The number of rotatable bonds is 6. The SMILES string of the molecule is CC(CC(=O)OCC(=O)Nc1ccccc1C#N)c1ccccc1. The summed E-state index contributed by atoms with van der Waals surface area (Å²) < 4.78 is 5.01. The fourth-order valence-electron chi connectivity index (χ4n) is 2.23. The Balaban J connectivity index is 1.81. The molecule has 2 rings (SSSR count). The predicted molar refractivity (Wildman–Crippen MR) is 90.2 cm³/mol. The first-order chi connectivity index (χ1) is 11.6. The van der Waals surface area contributed by atoms with Crippen molar-refractivity contribution in [3.05, 3.63) is 65.7 Å². The number of amides is 1. The van der Waals surface area contributed by atoms with Gasteiger partial charge in [0.1, 0.15) is 6.07 Å². The quantitative estimate of drug-likeness (QED) is 0.828. The third-order valence-electron chi connectivity index (χ3n) is 3.53. The van der Waals surface area contributed by atoms with Gasteiger partial charge in [-0.25, -0.2) is 0 Å². The zero-order chi connectivity index (χ0) is 17.4. The van der Waals surface area contributed by atoms with Gasteiger partial charge in [-0.1, -0.05) is 49.4 Å². The molecule has 1 amide bonds. The lowest BCUT2D eigenvalue weighted by atomic mass is 9.98. The maximum absolute atomic E-state index is 11.9. The number of carbonyl (C=O) groups is 2. The minimum Gasteiger partial charge on any atom is -0.456 e. The highest BCUT2D eigenvalue weighted by Gasteiger charge is 2.14. The molecule has 0 aromatic heterocycles. The van der Waals surface area contributed by atoms with Crippen molar-refractivity contribution < 1.29 is 14.3 Å². The number of ether oxygens (including phenoxy) is 1. The summed E-state index contributed by atoms with van der Waals surface area (Å²) in [6.45, 7) is 1.56. The summed E-state index contributed by atoms with van der Waals surface area (Å²) in [7, 11) is 0. The van der Waals surface area contributed by atoms with Crippen LogP contribution in [-0.4, -0.2) is 18.5 Å². The van der Waals surface area contributed by atoms with Gasteiger partial charge in [-0.15, -0.1) is 0 Å². The van der Waals surface area contributed by atoms with Crippen LogP contribution in [0.5, 0.6) is 0 Å². The summed E-state index contributed by atoms with van der Waals surface area (Å²) in [5.41, 5.74) is 1.80. The van der Waals surface area contributed by atoms with Crippen LogP contribution >= 0.6 is 0 Å². The molecule has 0 saturated heterocycles. The Hall–Kier alpha value is -3.13. The summed E-state index contributed by atoms with van der Waals surface area (Å²) in [5.74, 6) is -0.894. The smallest absolute Gasteiger partial charge is 0.306 e. The molecule has 24 heavy (non-hydrogen) atoms. The van der Waals surface area contributed by atoms with E-state index in [0.29, 0.717) is 11.3 Å². The summed E-state index contributed by atoms with van der Waals surface area (Å²) in [6.07, 6.45) is 0.200. The first-order valence-corrected chi connectivity index (χ1v) is 7.59. The largest absolute Gasteiger partial charge is 0.456 e. The zero-order valence-electron chi connectivity index (χ0n) is 13.4. The van der Waals surface area contributed by atoms with Gasteiger partial charge in [-0.2, -0.15) is 5.26 Å². The number of hydrogen-bond donors (Lipinski definition) is 1. The second kappa shape index (κ2) is 8.49. The minimum atomic E-state index is -0.474. The summed E-state index contributed by atoms with van der Waals surface area (Å²) in [6, 6.07) is 18.3. The summed E-state index contributed by atoms with van der Waals surface area (Å²) >= 11 is 0. The molecule has 0 radical (unpaired) electrons. The molecule has 0 spiro atoms. The van der Waals surface area contributed by atoms with Crippen LogP contribution in [-0.2, 0) is 14.3 Å². The van der Waals surface area contributed by atoms with Crippen molar-refractivity contribution in [1.82, 2.24) is 0 Å². The Morgan fingerprint density at radius 1 is 1.12 bits per heavy atom. The number of esters is 1. The van der Waals surface area contributed by atoms with E-state index in [0.717, 1.165) is 5.56 Å². The normalized spacial score (nSPS) is 11.2. The van der Waals surface area contributed by atoms with Crippen LogP contribution in [0.25, 0.3) is 0 Å². The van der Waals surface area contributed by atoms with E-state index in [2.05, 4.69) is 5.32 Å². The number of nitriles is 1. The number of para-hydroxylation sites is 1. The van der Waals surface area contributed by atoms with Gasteiger partial charge in [0.05, 0.1) is 17.7 Å². The van der Waals surface area contributed by atoms with Crippen LogP contribution in [0.15, 0.2) is 54.6 Å². The first kappa shape index (κ1) is 17.2. The van der Waals surface area contributed by atoms with Crippen molar-refractivity contribution in [1.29, 1.82) is 5.26 Å². The van der Waals surface area contributed by atoms with Crippen molar-refractivity contribution in [2.45, 2.75) is 19.3 Å². The van der Waals surface area contributed by atoms with Crippen LogP contribution in [0.2, 0.25) is 0 Å². The standard InChI is InChI=1S/C19H18N2O3/c1-14(15-7-3-2-4-8-15)11-19(23)24-13-18(22)21-17-10-6-5-9-16(17)12-20/h2-10,14H,11,13H2,1H3,(H,21,22). The van der Waals surface area contributed by atoms with Gasteiger partial charge in [-0.05, 0) is 23.6 Å². The molecule has 122 valence electrons. The average Bonchev–Trinajstić information content (AvgIpc) is 2.61. The van der Waals surface area contributed by atoms with E-state index in [9.17, 15) is 9.59 Å². The van der Waals surface area contributed by atoms with E-state index >= 15 is 0 Å². The second-order valence-electron chi connectivity index (χ2n) is 5.38. The van der Waals surface area contributed by atoms with Gasteiger partial charge in [0.15, 0.2) is 6.61 Å². The molecule has 0 bridgehead atoms. The fraction of sp³-hybridized carbons (Fsp3) is 0.211. The molecule has 0 fully saturated rings. The highest BCUT2D eigenvalue weighted by molar-refractivity contribution is 5.94. The maximum Gasteiger partial charge on any atom is 0.306 e. The number of nitrogens with zero attached hydrogens (tertiary/aromatic N) is 1. The number of benzene rings is 2. The molecule has 0 aliphatic rings. The molecular formula is C19H18N2O3. The number of nitrogens with one attached hydrogen (secondary N) is 1. The molecule has 1 atom stereocenters. The lowest BCUT2D eigenvalue weighted by Gasteiger charge is -2.11. The minimum absolute atomic E-state index is 0.0149. The van der Waals surface area contributed by atoms with Crippen molar-refractivity contribution in [2.24, 2.45) is 0 Å². The monoisotopic (exact) mass is 322 g/mol. The van der Waals surface area contributed by atoms with Crippen LogP contribution in [0, 0.1) is 11.3 Å². The summed E-state index contributed by atoms with van der Waals surface area (Å²) in [4.78, 5) is 23.7. The van der Waals surface area contributed by atoms with Crippen LogP contribution in [0.4, 0.5) is 5.69 Å². The van der Waals surface area contributed by atoms with Crippen LogP contribution in [0.3, 0.4) is 0 Å². The van der Waals surface area contributed by atoms with Gasteiger partial charge < -0.3 is 10.1 Å². The Labute approximate surface area is 140 Å². The number of carbonyl (C=O) groups excluding carboxylic acids is 2. The Morgan fingerprint density at radius 2 is 1.79 bits per heavy atom. The molecule has 1 unspecified atom stereocenters. The van der Waals surface area contributed by atoms with E-state index in [1.54, 1.807) is 24.3 Å². The van der Waals surface area contributed by atoms with Crippen LogP contribution in [0.1, 0.15) is 30.4 Å². The Kier molecular flexibility index (Phi) is 6.09. The maximum atomic E-state index is 11.9. The first-order valence-electron chi connectivity index (χ1n) is 7.59. The van der Waals surface area contributed by atoms with E-state index < -0.39 is 11.9 Å². The van der Waals surface area contributed by atoms with E-state index in [4.69, 9.17) is 10.00 Å². The van der Waals surface area contributed by atoms with Gasteiger partial charge in [0.25, 0.3) is 5.91 Å². The van der Waals surface area contributed by atoms with E-state index in [-0.39, 0.29) is 18.9 Å². The lowest BCUT2D eigenvalue weighted by Crippen LogP contribution is -2.21. The highest BCUT2D eigenvalue weighted by Crippen LogP contribution is 2.19. The van der Waals surface area contributed by atoms with Gasteiger partial charge in [-0.3, -0.25) is 9.59 Å². The molecule has 0 heterocycles. The van der Waals surface area contributed by atoms with E-state index in [1.165, 1.54) is 0 Å². The highest BCUT2D eigenvalue weighted by atomic mass is 16.5. The molecule has 0 saturated carbocycles. The Morgan fingerprint density at radius 3 is 2.50 bits per heavy atom. The van der Waals surface area contributed by atoms with Gasteiger partial charge in [0, 0.05) is 0 Å². The molecule has 5 heteroatoms. The fourth-order valence-corrected chi connectivity index (χ4v) is 2.23. The molecule has 5 nitrogen and oxygen atoms in total. The second-order valence-corrected chi connectivity index (χ2v) is 5.38. The molecule has 0 aliphatic heterocycles. The topological polar surface area (TPSA) is 79.2 Å². The molecule has 1 N–H and O–H groups in total. The average molecular weight is 322 g/mol. The Bertz CT molecular complexity index is 751. The van der Waals surface area contributed by atoms with Crippen LogP contribution < -0.4 is 5.32 Å². The molecule has 0 aliphatic carbocycles. The van der Waals surface area contributed by atoms with Crippen molar-refractivity contribution in [3.63, 3.8) is 0 Å². The van der Waals surface area contributed by atoms with Crippen molar-refractivity contribution in [3.8, 4) is 6.07 Å². The number of hydrogen-bond acceptors (Lipinski definition) is 4. The van der Waals surface area contributed by atoms with Crippen molar-refractivity contribution in [2.75, 3.05) is 11.9 Å². The van der Waals surface area contributed by atoms with Gasteiger partial charge >= 0.3 is 5.97 Å².